The van der Waals surface area contributed by atoms with Crippen molar-refractivity contribution in [3.05, 3.63) is 46.2 Å². The largest absolute Gasteiger partial charge is 0.379 e. The van der Waals surface area contributed by atoms with Crippen LogP contribution in [0, 0.1) is 0 Å². The van der Waals surface area contributed by atoms with Crippen LogP contribution in [0.2, 0.25) is 0 Å². The fourth-order valence-corrected chi connectivity index (χ4v) is 3.23. The maximum Gasteiger partial charge on any atom is 0.210 e. The molecule has 2 aliphatic heterocycles. The predicted octanol–water partition coefficient (Wildman–Crippen LogP) is 1.35. The van der Waals surface area contributed by atoms with Crippen LogP contribution in [0.3, 0.4) is 0 Å². The fourth-order valence-electron chi connectivity index (χ4n) is 2.83. The molecule has 1 unspecified atom stereocenters. The minimum Gasteiger partial charge on any atom is -0.379 e. The van der Waals surface area contributed by atoms with Crippen molar-refractivity contribution in [1.29, 1.82) is 0 Å². The molecule has 0 saturated carbocycles. The third-order valence-corrected chi connectivity index (χ3v) is 4.67. The molecular formula is C17H24BrN5O. The number of nitrogens with zero attached hydrogens (tertiary/aromatic N) is 2. The Bertz CT molecular complexity index is 615. The highest BCUT2D eigenvalue weighted by molar-refractivity contribution is 9.10. The van der Waals surface area contributed by atoms with E-state index in [1.165, 1.54) is 0 Å². The second kappa shape index (κ2) is 8.11. The van der Waals surface area contributed by atoms with E-state index in [1.54, 1.807) is 6.21 Å². The first kappa shape index (κ1) is 17.4. The van der Waals surface area contributed by atoms with Crippen LogP contribution in [0.4, 0.5) is 0 Å². The highest BCUT2D eigenvalue weighted by atomic mass is 79.9. The van der Waals surface area contributed by atoms with Gasteiger partial charge in [0.2, 0.25) is 5.79 Å². The Kier molecular flexibility index (Phi) is 5.89. The lowest BCUT2D eigenvalue weighted by atomic mass is 10.1. The summed E-state index contributed by atoms with van der Waals surface area (Å²) in [6.45, 7) is 5.72. The van der Waals surface area contributed by atoms with Crippen LogP contribution in [-0.4, -0.2) is 50.5 Å². The van der Waals surface area contributed by atoms with E-state index in [0.29, 0.717) is 0 Å². The zero-order chi connectivity index (χ0) is 16.8. The maximum atomic E-state index is 6.43. The van der Waals surface area contributed by atoms with Crippen molar-refractivity contribution in [2.45, 2.75) is 12.2 Å². The minimum absolute atomic E-state index is 0.846. The van der Waals surface area contributed by atoms with Crippen LogP contribution >= 0.6 is 15.9 Å². The van der Waals surface area contributed by atoms with Crippen LogP contribution in [0.1, 0.15) is 12.0 Å². The number of hydrogen-bond acceptors (Lipinski definition) is 6. The maximum absolute atomic E-state index is 6.43. The Morgan fingerprint density at radius 2 is 2.21 bits per heavy atom. The summed E-state index contributed by atoms with van der Waals surface area (Å²) in [5.74, 6) is -0.0418. The van der Waals surface area contributed by atoms with Crippen molar-refractivity contribution in [2.24, 2.45) is 10.7 Å². The smallest absolute Gasteiger partial charge is 0.210 e. The van der Waals surface area contributed by atoms with E-state index in [1.807, 2.05) is 30.3 Å². The molecule has 0 radical (unpaired) electrons. The second-order valence-electron chi connectivity index (χ2n) is 5.99. The van der Waals surface area contributed by atoms with Gasteiger partial charge in [0.15, 0.2) is 0 Å². The summed E-state index contributed by atoms with van der Waals surface area (Å²) >= 11 is 3.48. The van der Waals surface area contributed by atoms with Crippen LogP contribution < -0.4 is 16.4 Å². The summed E-state index contributed by atoms with van der Waals surface area (Å²) in [6, 6.07) is 7.88. The lowest BCUT2D eigenvalue weighted by Crippen LogP contribution is -2.52. The van der Waals surface area contributed by atoms with E-state index in [2.05, 4.69) is 36.5 Å². The molecule has 1 atom stereocenters. The summed E-state index contributed by atoms with van der Waals surface area (Å²) < 4.78 is 6.35. The first-order valence-electron chi connectivity index (χ1n) is 8.28. The van der Waals surface area contributed by atoms with Gasteiger partial charge in [-0.05, 0) is 31.2 Å². The number of halogens is 1. The Labute approximate surface area is 151 Å². The van der Waals surface area contributed by atoms with Gasteiger partial charge in [-0.3, -0.25) is 10.6 Å². The number of hydrogen-bond donors (Lipinski definition) is 3. The molecule has 4 N–H and O–H groups in total. The van der Waals surface area contributed by atoms with E-state index >= 15 is 0 Å². The van der Waals surface area contributed by atoms with Gasteiger partial charge >= 0.3 is 0 Å². The lowest BCUT2D eigenvalue weighted by Gasteiger charge is -2.32. The van der Waals surface area contributed by atoms with Crippen molar-refractivity contribution >= 4 is 22.1 Å². The monoisotopic (exact) mass is 393 g/mol. The molecule has 1 aromatic carbocycles. The van der Waals surface area contributed by atoms with Crippen molar-refractivity contribution in [1.82, 2.24) is 15.5 Å². The van der Waals surface area contributed by atoms with Crippen LogP contribution in [0.15, 0.2) is 45.6 Å². The molecule has 0 aliphatic carbocycles. The van der Waals surface area contributed by atoms with Gasteiger partial charge in [0.25, 0.3) is 0 Å². The number of nitrogens with one attached hydrogen (secondary N) is 2. The van der Waals surface area contributed by atoms with E-state index in [0.717, 1.165) is 61.7 Å². The quantitative estimate of drug-likeness (QED) is 0.636. The van der Waals surface area contributed by atoms with E-state index in [9.17, 15) is 0 Å². The molecule has 0 bridgehead atoms. The molecule has 130 valence electrons. The van der Waals surface area contributed by atoms with Crippen molar-refractivity contribution < 1.29 is 4.74 Å². The third-order valence-electron chi connectivity index (χ3n) is 4.18. The number of ether oxygens (including phenoxy) is 1. The summed E-state index contributed by atoms with van der Waals surface area (Å²) in [6.07, 6.45) is 4.74. The van der Waals surface area contributed by atoms with E-state index in [4.69, 9.17) is 10.5 Å². The highest BCUT2D eigenvalue weighted by Gasteiger charge is 2.28. The summed E-state index contributed by atoms with van der Waals surface area (Å²) in [4.78, 5) is 6.84. The Morgan fingerprint density at radius 3 is 3.00 bits per heavy atom. The first-order valence-corrected chi connectivity index (χ1v) is 9.08. The van der Waals surface area contributed by atoms with Gasteiger partial charge in [0.1, 0.15) is 5.82 Å². The molecule has 1 fully saturated rings. The van der Waals surface area contributed by atoms with Gasteiger partial charge in [0.05, 0.1) is 13.2 Å². The minimum atomic E-state index is -0.939. The van der Waals surface area contributed by atoms with Crippen molar-refractivity contribution in [3.63, 3.8) is 0 Å². The third kappa shape index (κ3) is 4.57. The summed E-state index contributed by atoms with van der Waals surface area (Å²) in [7, 11) is 0. The number of aliphatic imine (C=N–C) groups is 1. The summed E-state index contributed by atoms with van der Waals surface area (Å²) in [5.41, 5.74) is 7.34. The molecule has 2 aliphatic rings. The Balaban J connectivity index is 1.48. The normalized spacial score (nSPS) is 24.3. The number of allylic oxidation sites excluding steroid dienone is 1. The molecule has 1 aromatic rings. The average Bonchev–Trinajstić information content (AvgIpc) is 2.60. The average molecular weight is 394 g/mol. The zero-order valence-corrected chi connectivity index (χ0v) is 15.3. The van der Waals surface area contributed by atoms with E-state index in [-0.39, 0.29) is 0 Å². The second-order valence-corrected chi connectivity index (χ2v) is 6.91. The number of benzene rings is 1. The molecule has 7 heteroatoms. The van der Waals surface area contributed by atoms with Crippen LogP contribution in [0.5, 0.6) is 0 Å². The molecule has 0 aromatic heterocycles. The SMILES string of the molecule is NC1(c2cccc(Br)c2)N=CC=C(NCCCN2CCOCC2)N1. The molecule has 24 heavy (non-hydrogen) atoms. The number of nitrogens with two attached hydrogens (primary N) is 1. The highest BCUT2D eigenvalue weighted by Crippen LogP contribution is 2.23. The number of morpholine rings is 1. The summed E-state index contributed by atoms with van der Waals surface area (Å²) in [5, 5.41) is 6.70. The topological polar surface area (TPSA) is 74.9 Å². The molecular weight excluding hydrogens is 370 g/mol. The number of rotatable bonds is 6. The predicted molar refractivity (Wildman–Crippen MR) is 99.6 cm³/mol. The Morgan fingerprint density at radius 1 is 1.38 bits per heavy atom. The van der Waals surface area contributed by atoms with Gasteiger partial charge < -0.3 is 15.4 Å². The molecule has 6 nitrogen and oxygen atoms in total. The van der Waals surface area contributed by atoms with Crippen LogP contribution in [-0.2, 0) is 10.5 Å². The van der Waals surface area contributed by atoms with Gasteiger partial charge in [-0.15, -0.1) is 0 Å². The van der Waals surface area contributed by atoms with Gasteiger partial charge in [-0.1, -0.05) is 28.1 Å². The lowest BCUT2D eigenvalue weighted by molar-refractivity contribution is 0.0375. The Hall–Kier alpha value is -1.41. The van der Waals surface area contributed by atoms with Crippen molar-refractivity contribution in [2.75, 3.05) is 39.4 Å². The molecule has 0 spiro atoms. The van der Waals surface area contributed by atoms with Gasteiger partial charge in [-0.2, -0.15) is 0 Å². The standard InChI is InChI=1S/C17H24BrN5O/c18-15-4-1-3-14(13-15)17(19)21-7-5-16(22-17)20-6-2-8-23-9-11-24-12-10-23/h1,3-5,7,13,20,22H,2,6,8-12,19H2. The molecule has 2 heterocycles. The fraction of sp³-hybridized carbons (Fsp3) is 0.471. The van der Waals surface area contributed by atoms with Gasteiger partial charge in [-0.25, -0.2) is 4.99 Å². The zero-order valence-electron chi connectivity index (χ0n) is 13.7. The molecule has 0 amide bonds. The van der Waals surface area contributed by atoms with Crippen molar-refractivity contribution in [3.8, 4) is 0 Å². The molecule has 3 rings (SSSR count). The molecule has 1 saturated heterocycles. The van der Waals surface area contributed by atoms with Crippen LogP contribution in [0.25, 0.3) is 0 Å². The van der Waals surface area contributed by atoms with Gasteiger partial charge in [0, 0.05) is 35.9 Å². The van der Waals surface area contributed by atoms with E-state index < -0.39 is 5.79 Å². The first-order chi connectivity index (χ1) is 11.7.